The number of aromatic nitrogens is 1. The van der Waals surface area contributed by atoms with Crippen molar-refractivity contribution in [2.75, 3.05) is 30.3 Å². The Balaban J connectivity index is 1.16. The molecule has 1 aliphatic rings. The van der Waals surface area contributed by atoms with E-state index in [9.17, 15) is 14.4 Å². The number of hydrogen-bond donors (Lipinski definition) is 2. The Labute approximate surface area is 187 Å². The summed E-state index contributed by atoms with van der Waals surface area (Å²) >= 11 is 0. The molecule has 2 aromatic carbocycles. The largest absolute Gasteiger partial charge is 0.380 e. The zero-order chi connectivity index (χ0) is 22.3. The molecule has 0 saturated carbocycles. The summed E-state index contributed by atoms with van der Waals surface area (Å²) in [5.41, 5.74) is 1.25. The van der Waals surface area contributed by atoms with E-state index in [1.54, 1.807) is 24.5 Å². The summed E-state index contributed by atoms with van der Waals surface area (Å²) in [5, 5.41) is 6.13. The molecule has 4 rings (SSSR count). The number of carbonyl (C=O) groups is 1. The van der Waals surface area contributed by atoms with Gasteiger partial charge in [-0.15, -0.1) is 0 Å². The molecule has 0 aliphatic carbocycles. The SMILES string of the molecule is O=C(c1ccccc1)N1CCC(CCCCNc2c(Nc3ccncc3)c(=O)c2=O)CC1. The molecule has 0 atom stereocenters. The van der Waals surface area contributed by atoms with Crippen LogP contribution in [0.15, 0.2) is 64.4 Å². The summed E-state index contributed by atoms with van der Waals surface area (Å²) < 4.78 is 0. The number of nitrogens with zero attached hydrogens (tertiary/aromatic N) is 2. The van der Waals surface area contributed by atoms with E-state index in [2.05, 4.69) is 15.6 Å². The number of benzene rings is 1. The number of unbranched alkanes of at least 4 members (excludes halogenated alkanes) is 1. The van der Waals surface area contributed by atoms with Crippen molar-refractivity contribution in [3.63, 3.8) is 0 Å². The van der Waals surface area contributed by atoms with Crippen LogP contribution in [0.3, 0.4) is 0 Å². The summed E-state index contributed by atoms with van der Waals surface area (Å²) in [6.07, 6.45) is 8.41. The van der Waals surface area contributed by atoms with Gasteiger partial charge in [-0.05, 0) is 49.4 Å². The molecule has 0 spiro atoms. The third-order valence-electron chi connectivity index (χ3n) is 6.12. The van der Waals surface area contributed by atoms with Crippen molar-refractivity contribution in [2.45, 2.75) is 32.1 Å². The molecule has 32 heavy (non-hydrogen) atoms. The number of hydrogen-bond acceptors (Lipinski definition) is 6. The fraction of sp³-hybridized carbons (Fsp3) is 0.360. The van der Waals surface area contributed by atoms with Gasteiger partial charge < -0.3 is 15.5 Å². The van der Waals surface area contributed by atoms with Gasteiger partial charge in [-0.1, -0.05) is 31.0 Å². The molecule has 1 aromatic heterocycles. The molecule has 0 radical (unpaired) electrons. The Morgan fingerprint density at radius 1 is 0.938 bits per heavy atom. The fourth-order valence-corrected chi connectivity index (χ4v) is 4.22. The van der Waals surface area contributed by atoms with Crippen molar-refractivity contribution in [1.29, 1.82) is 0 Å². The van der Waals surface area contributed by atoms with Crippen LogP contribution >= 0.6 is 0 Å². The standard InChI is InChI=1S/C25H28N4O3/c30-23-21(22(24(23)31)28-20-9-14-26-15-10-20)27-13-5-4-6-18-11-16-29(17-12-18)25(32)19-7-2-1-3-8-19/h1-3,7-10,14-15,18,27H,4-6,11-13,16-17H2,(H,26,28). The van der Waals surface area contributed by atoms with Gasteiger partial charge in [-0.25, -0.2) is 0 Å². The monoisotopic (exact) mass is 432 g/mol. The van der Waals surface area contributed by atoms with Crippen LogP contribution in [-0.4, -0.2) is 35.4 Å². The van der Waals surface area contributed by atoms with Crippen LogP contribution in [-0.2, 0) is 0 Å². The van der Waals surface area contributed by atoms with Gasteiger partial charge in [-0.3, -0.25) is 19.4 Å². The third-order valence-corrected chi connectivity index (χ3v) is 6.12. The van der Waals surface area contributed by atoms with E-state index in [1.165, 1.54) is 0 Å². The minimum absolute atomic E-state index is 0.123. The molecular weight excluding hydrogens is 404 g/mol. The molecule has 1 aliphatic heterocycles. The molecule has 2 N–H and O–H groups in total. The quantitative estimate of drug-likeness (QED) is 0.397. The van der Waals surface area contributed by atoms with Gasteiger partial charge in [0.15, 0.2) is 0 Å². The van der Waals surface area contributed by atoms with Crippen LogP contribution < -0.4 is 21.5 Å². The first-order valence-electron chi connectivity index (χ1n) is 11.2. The zero-order valence-electron chi connectivity index (χ0n) is 18.0. The van der Waals surface area contributed by atoms with E-state index in [1.807, 2.05) is 35.2 Å². The second-order valence-corrected chi connectivity index (χ2v) is 8.29. The summed E-state index contributed by atoms with van der Waals surface area (Å²) in [4.78, 5) is 42.2. The molecule has 0 bridgehead atoms. The predicted octanol–water partition coefficient (Wildman–Crippen LogP) is 3.56. The van der Waals surface area contributed by atoms with E-state index in [4.69, 9.17) is 0 Å². The second-order valence-electron chi connectivity index (χ2n) is 8.29. The molecular formula is C25H28N4O3. The minimum atomic E-state index is -0.485. The molecule has 7 nitrogen and oxygen atoms in total. The number of carbonyl (C=O) groups excluding carboxylic acids is 1. The summed E-state index contributed by atoms with van der Waals surface area (Å²) in [6, 6.07) is 13.0. The Kier molecular flexibility index (Phi) is 6.94. The van der Waals surface area contributed by atoms with Gasteiger partial charge in [0.05, 0.1) is 0 Å². The zero-order valence-corrected chi connectivity index (χ0v) is 18.0. The van der Waals surface area contributed by atoms with Gasteiger partial charge in [0.1, 0.15) is 11.4 Å². The van der Waals surface area contributed by atoms with E-state index in [0.29, 0.717) is 23.8 Å². The summed E-state index contributed by atoms with van der Waals surface area (Å²) in [5.74, 6) is 0.752. The lowest BCUT2D eigenvalue weighted by molar-refractivity contribution is 0.0686. The minimum Gasteiger partial charge on any atom is -0.380 e. The van der Waals surface area contributed by atoms with Crippen LogP contribution in [0.2, 0.25) is 0 Å². The van der Waals surface area contributed by atoms with Gasteiger partial charge in [-0.2, -0.15) is 0 Å². The average Bonchev–Trinajstić information content (AvgIpc) is 2.86. The highest BCUT2D eigenvalue weighted by Crippen LogP contribution is 2.24. The average molecular weight is 433 g/mol. The van der Waals surface area contributed by atoms with Crippen molar-refractivity contribution >= 4 is 23.0 Å². The second kappa shape index (κ2) is 10.2. The molecule has 0 unspecified atom stereocenters. The first-order valence-corrected chi connectivity index (χ1v) is 11.2. The lowest BCUT2D eigenvalue weighted by Gasteiger charge is -2.32. The topological polar surface area (TPSA) is 91.4 Å². The van der Waals surface area contributed by atoms with E-state index in [-0.39, 0.29) is 5.91 Å². The number of piperidine rings is 1. The summed E-state index contributed by atoms with van der Waals surface area (Å²) in [6.45, 7) is 2.27. The van der Waals surface area contributed by atoms with Gasteiger partial charge in [0.25, 0.3) is 16.8 Å². The van der Waals surface area contributed by atoms with Crippen molar-refractivity contribution < 1.29 is 4.79 Å². The highest BCUT2D eigenvalue weighted by Gasteiger charge is 2.23. The Morgan fingerprint density at radius 2 is 1.62 bits per heavy atom. The normalized spacial score (nSPS) is 14.4. The van der Waals surface area contributed by atoms with Crippen molar-refractivity contribution in [3.8, 4) is 0 Å². The van der Waals surface area contributed by atoms with Crippen molar-refractivity contribution in [1.82, 2.24) is 9.88 Å². The maximum atomic E-state index is 12.5. The molecule has 3 aromatic rings. The maximum Gasteiger partial charge on any atom is 0.253 e. The Hall–Kier alpha value is -3.48. The first-order chi connectivity index (χ1) is 15.6. The molecule has 1 saturated heterocycles. The van der Waals surface area contributed by atoms with E-state index in [0.717, 1.165) is 56.4 Å². The number of amides is 1. The van der Waals surface area contributed by atoms with Crippen LogP contribution in [0.5, 0.6) is 0 Å². The predicted molar refractivity (Wildman–Crippen MR) is 126 cm³/mol. The molecule has 1 amide bonds. The van der Waals surface area contributed by atoms with Crippen LogP contribution in [0, 0.1) is 5.92 Å². The van der Waals surface area contributed by atoms with E-state index >= 15 is 0 Å². The molecule has 166 valence electrons. The van der Waals surface area contributed by atoms with Crippen molar-refractivity contribution in [2.24, 2.45) is 5.92 Å². The van der Waals surface area contributed by atoms with Crippen LogP contribution in [0.25, 0.3) is 0 Å². The van der Waals surface area contributed by atoms with Gasteiger partial charge in [0.2, 0.25) is 0 Å². The Morgan fingerprint density at radius 3 is 2.34 bits per heavy atom. The highest BCUT2D eigenvalue weighted by atomic mass is 16.2. The van der Waals surface area contributed by atoms with Crippen LogP contribution in [0.4, 0.5) is 17.1 Å². The molecule has 2 heterocycles. The van der Waals surface area contributed by atoms with Gasteiger partial charge in [0, 0.05) is 43.3 Å². The summed E-state index contributed by atoms with van der Waals surface area (Å²) in [7, 11) is 0. The number of nitrogens with one attached hydrogen (secondary N) is 2. The van der Waals surface area contributed by atoms with Crippen LogP contribution in [0.1, 0.15) is 42.5 Å². The number of anilines is 3. The van der Waals surface area contributed by atoms with Gasteiger partial charge >= 0.3 is 0 Å². The van der Waals surface area contributed by atoms with E-state index < -0.39 is 10.9 Å². The lowest BCUT2D eigenvalue weighted by atomic mass is 9.91. The maximum absolute atomic E-state index is 12.5. The first kappa shape index (κ1) is 21.7. The highest BCUT2D eigenvalue weighted by molar-refractivity contribution is 5.94. The molecule has 7 heteroatoms. The molecule has 1 fully saturated rings. The number of likely N-dealkylation sites (tertiary alicyclic amines) is 1. The Bertz CT molecular complexity index is 1100. The smallest absolute Gasteiger partial charge is 0.253 e. The number of pyridine rings is 1. The van der Waals surface area contributed by atoms with Crippen molar-refractivity contribution in [3.05, 3.63) is 80.9 Å². The fourth-order valence-electron chi connectivity index (χ4n) is 4.22. The third kappa shape index (κ3) is 5.04. The number of rotatable bonds is 9. The lowest BCUT2D eigenvalue weighted by Crippen LogP contribution is -2.38.